The van der Waals surface area contributed by atoms with Crippen LogP contribution < -0.4 is 5.32 Å². The molecule has 0 unspecified atom stereocenters. The molecule has 3 aromatic rings. The van der Waals surface area contributed by atoms with Crippen LogP contribution in [0.4, 0.5) is 0 Å². The van der Waals surface area contributed by atoms with E-state index in [4.69, 9.17) is 11.6 Å². The zero-order valence-electron chi connectivity index (χ0n) is 16.5. The van der Waals surface area contributed by atoms with Gasteiger partial charge in [0.25, 0.3) is 5.91 Å². The first-order valence-corrected chi connectivity index (χ1v) is 9.57. The van der Waals surface area contributed by atoms with Crippen molar-refractivity contribution in [3.05, 3.63) is 82.1 Å². The van der Waals surface area contributed by atoms with Gasteiger partial charge in [-0.05, 0) is 47.9 Å². The second-order valence-corrected chi connectivity index (χ2v) is 7.29. The summed E-state index contributed by atoms with van der Waals surface area (Å²) in [5, 5.41) is 7.97. The number of hydrogen-bond donors (Lipinski definition) is 1. The summed E-state index contributed by atoms with van der Waals surface area (Å²) in [5.74, 6) is -0.504. The largest absolute Gasteiger partial charge is 0.465 e. The van der Waals surface area contributed by atoms with Crippen LogP contribution in [0, 0.1) is 0 Å². The van der Waals surface area contributed by atoms with Crippen LogP contribution in [-0.4, -0.2) is 28.8 Å². The van der Waals surface area contributed by atoms with Crippen molar-refractivity contribution >= 4 is 23.5 Å². The minimum atomic E-state index is -0.392. The summed E-state index contributed by atoms with van der Waals surface area (Å²) in [7, 11) is 1.34. The number of aromatic nitrogens is 2. The maximum Gasteiger partial charge on any atom is 0.337 e. The monoisotopic (exact) mass is 411 g/mol. The molecule has 150 valence electrons. The molecule has 0 saturated heterocycles. The molecule has 29 heavy (non-hydrogen) atoms. The number of methoxy groups -OCH3 is 1. The molecule has 0 bridgehead atoms. The minimum absolute atomic E-state index is 0.0910. The zero-order valence-corrected chi connectivity index (χ0v) is 17.2. The van der Waals surface area contributed by atoms with Crippen LogP contribution in [-0.2, 0) is 11.3 Å². The van der Waals surface area contributed by atoms with Gasteiger partial charge in [-0.2, -0.15) is 5.10 Å². The number of ether oxygens (including phenoxy) is 1. The van der Waals surface area contributed by atoms with Crippen LogP contribution >= 0.6 is 11.6 Å². The SMILES string of the molecule is COC(=O)c1ccc(CNC(=O)c2cnn(-c3ccc(Cl)cc3)c2C(C)C)cc1. The number of carbonyl (C=O) groups excluding carboxylic acids is 2. The van der Waals surface area contributed by atoms with Gasteiger partial charge < -0.3 is 10.1 Å². The van der Waals surface area contributed by atoms with Gasteiger partial charge in [0.05, 0.1) is 35.8 Å². The van der Waals surface area contributed by atoms with Gasteiger partial charge in [0.1, 0.15) is 0 Å². The standard InChI is InChI=1S/C22H22ClN3O3/c1-14(2)20-19(13-25-26(20)18-10-8-17(23)9-11-18)21(27)24-12-15-4-6-16(7-5-15)22(28)29-3/h4-11,13-14H,12H2,1-3H3,(H,24,27). The van der Waals surface area contributed by atoms with Crippen molar-refractivity contribution in [1.82, 2.24) is 15.1 Å². The Morgan fingerprint density at radius 1 is 1.10 bits per heavy atom. The molecule has 2 aromatic carbocycles. The number of carbonyl (C=O) groups is 2. The highest BCUT2D eigenvalue weighted by Crippen LogP contribution is 2.24. The maximum atomic E-state index is 12.8. The highest BCUT2D eigenvalue weighted by Gasteiger charge is 2.20. The predicted octanol–water partition coefficient (Wildman–Crippen LogP) is 4.37. The molecule has 0 aliphatic carbocycles. The van der Waals surface area contributed by atoms with Crippen LogP contribution in [0.1, 0.15) is 51.7 Å². The van der Waals surface area contributed by atoms with Gasteiger partial charge in [0, 0.05) is 11.6 Å². The predicted molar refractivity (Wildman–Crippen MR) is 112 cm³/mol. The molecule has 0 spiro atoms. The highest BCUT2D eigenvalue weighted by molar-refractivity contribution is 6.30. The number of rotatable bonds is 6. The lowest BCUT2D eigenvalue weighted by Crippen LogP contribution is -2.24. The molecule has 0 fully saturated rings. The normalized spacial score (nSPS) is 10.8. The van der Waals surface area contributed by atoms with Gasteiger partial charge in [0.2, 0.25) is 0 Å². The van der Waals surface area contributed by atoms with Gasteiger partial charge in [0.15, 0.2) is 0 Å². The molecule has 0 atom stereocenters. The summed E-state index contributed by atoms with van der Waals surface area (Å²) >= 11 is 5.97. The van der Waals surface area contributed by atoms with Crippen molar-refractivity contribution < 1.29 is 14.3 Å². The Morgan fingerprint density at radius 2 is 1.76 bits per heavy atom. The number of amides is 1. The Balaban J connectivity index is 1.77. The van der Waals surface area contributed by atoms with Gasteiger partial charge in [-0.15, -0.1) is 0 Å². The van der Waals surface area contributed by atoms with E-state index in [1.807, 2.05) is 26.0 Å². The Bertz CT molecular complexity index is 1010. The molecule has 1 aromatic heterocycles. The fourth-order valence-electron chi connectivity index (χ4n) is 3.03. The second-order valence-electron chi connectivity index (χ2n) is 6.86. The zero-order chi connectivity index (χ0) is 21.0. The molecule has 0 radical (unpaired) electrons. The van der Waals surface area contributed by atoms with Crippen LogP contribution in [0.15, 0.2) is 54.7 Å². The van der Waals surface area contributed by atoms with Crippen LogP contribution in [0.5, 0.6) is 0 Å². The lowest BCUT2D eigenvalue weighted by molar-refractivity contribution is 0.0600. The second kappa shape index (κ2) is 8.92. The fourth-order valence-corrected chi connectivity index (χ4v) is 3.16. The van der Waals surface area contributed by atoms with E-state index in [-0.39, 0.29) is 11.8 Å². The number of hydrogen-bond acceptors (Lipinski definition) is 4. The smallest absolute Gasteiger partial charge is 0.337 e. The molecule has 0 aliphatic rings. The summed E-state index contributed by atoms with van der Waals surface area (Å²) in [6.07, 6.45) is 1.58. The van der Waals surface area contributed by atoms with Crippen molar-refractivity contribution in [3.63, 3.8) is 0 Å². The third-order valence-electron chi connectivity index (χ3n) is 4.50. The first kappa shape index (κ1) is 20.6. The summed E-state index contributed by atoms with van der Waals surface area (Å²) < 4.78 is 6.45. The topological polar surface area (TPSA) is 73.2 Å². The third-order valence-corrected chi connectivity index (χ3v) is 4.75. The van der Waals surface area contributed by atoms with Crippen LogP contribution in [0.2, 0.25) is 5.02 Å². The Kier molecular flexibility index (Phi) is 6.34. The minimum Gasteiger partial charge on any atom is -0.465 e. The Labute approximate surface area is 174 Å². The summed E-state index contributed by atoms with van der Waals surface area (Å²) in [5.41, 5.74) is 3.54. The van der Waals surface area contributed by atoms with Crippen molar-refractivity contribution in [3.8, 4) is 5.69 Å². The molecule has 3 rings (SSSR count). The van der Waals surface area contributed by atoms with E-state index in [1.165, 1.54) is 7.11 Å². The highest BCUT2D eigenvalue weighted by atomic mass is 35.5. The van der Waals surface area contributed by atoms with Crippen LogP contribution in [0.25, 0.3) is 5.69 Å². The number of nitrogens with one attached hydrogen (secondary N) is 1. The number of esters is 1. The lowest BCUT2D eigenvalue weighted by Gasteiger charge is -2.13. The molecule has 0 aliphatic heterocycles. The first-order valence-electron chi connectivity index (χ1n) is 9.20. The van der Waals surface area contributed by atoms with E-state index in [1.54, 1.807) is 47.3 Å². The third kappa shape index (κ3) is 4.66. The van der Waals surface area contributed by atoms with E-state index in [9.17, 15) is 9.59 Å². The van der Waals surface area contributed by atoms with Gasteiger partial charge in [-0.3, -0.25) is 4.79 Å². The summed E-state index contributed by atoms with van der Waals surface area (Å²) in [6, 6.07) is 14.2. The van der Waals surface area contributed by atoms with Crippen LogP contribution in [0.3, 0.4) is 0 Å². The average Bonchev–Trinajstić information content (AvgIpc) is 3.18. The quantitative estimate of drug-likeness (QED) is 0.611. The molecule has 6 nitrogen and oxygen atoms in total. The average molecular weight is 412 g/mol. The van der Waals surface area contributed by atoms with Gasteiger partial charge in [-0.25, -0.2) is 9.48 Å². The Morgan fingerprint density at radius 3 is 2.34 bits per heavy atom. The maximum absolute atomic E-state index is 12.8. The summed E-state index contributed by atoms with van der Waals surface area (Å²) in [4.78, 5) is 24.3. The van der Waals surface area contributed by atoms with Crippen molar-refractivity contribution in [2.24, 2.45) is 0 Å². The van der Waals surface area contributed by atoms with Crippen molar-refractivity contribution in [2.45, 2.75) is 26.3 Å². The fraction of sp³-hybridized carbons (Fsp3) is 0.227. The van der Waals surface area contributed by atoms with Crippen molar-refractivity contribution in [2.75, 3.05) is 7.11 Å². The molecular weight excluding hydrogens is 390 g/mol. The number of benzene rings is 2. The lowest BCUT2D eigenvalue weighted by atomic mass is 10.0. The summed E-state index contributed by atoms with van der Waals surface area (Å²) in [6.45, 7) is 4.38. The molecule has 0 saturated carbocycles. The van der Waals surface area contributed by atoms with Gasteiger partial charge in [-0.1, -0.05) is 37.6 Å². The Hall–Kier alpha value is -3.12. The number of nitrogens with zero attached hydrogens (tertiary/aromatic N) is 2. The van der Waals surface area contributed by atoms with Gasteiger partial charge >= 0.3 is 5.97 Å². The van der Waals surface area contributed by atoms with E-state index in [0.717, 1.165) is 16.9 Å². The molecule has 1 N–H and O–H groups in total. The van der Waals surface area contributed by atoms with E-state index in [2.05, 4.69) is 15.2 Å². The van der Waals surface area contributed by atoms with E-state index < -0.39 is 5.97 Å². The first-order chi connectivity index (χ1) is 13.9. The molecule has 1 heterocycles. The van der Waals surface area contributed by atoms with E-state index in [0.29, 0.717) is 22.7 Å². The number of halogens is 1. The molecule has 1 amide bonds. The van der Waals surface area contributed by atoms with E-state index >= 15 is 0 Å². The molecular formula is C22H22ClN3O3. The molecule has 7 heteroatoms. The van der Waals surface area contributed by atoms with Crippen molar-refractivity contribution in [1.29, 1.82) is 0 Å².